The fourth-order valence-corrected chi connectivity index (χ4v) is 4.05. The standard InChI is InChI=1S/C17H18N4O3S/c1-2-3-9-20-14(22)11-6-4-5-7-12(11)21-16(20)18-19-17(21)25-13-8-10-24-15(13)23/h4-7,13H,2-3,8-10H2,1H3. The van der Waals surface area contributed by atoms with Crippen LogP contribution in [0.4, 0.5) is 0 Å². The van der Waals surface area contributed by atoms with Crippen LogP contribution in [0.25, 0.3) is 16.7 Å². The van der Waals surface area contributed by atoms with Crippen molar-refractivity contribution in [3.8, 4) is 0 Å². The lowest BCUT2D eigenvalue weighted by Gasteiger charge is -2.11. The van der Waals surface area contributed by atoms with Crippen molar-refractivity contribution in [2.24, 2.45) is 0 Å². The second-order valence-corrected chi connectivity index (χ2v) is 7.18. The van der Waals surface area contributed by atoms with Gasteiger partial charge in [0.05, 0.1) is 17.5 Å². The molecule has 1 unspecified atom stereocenters. The van der Waals surface area contributed by atoms with Gasteiger partial charge in [0.2, 0.25) is 5.78 Å². The maximum Gasteiger partial charge on any atom is 0.319 e. The van der Waals surface area contributed by atoms with Crippen LogP contribution < -0.4 is 5.56 Å². The maximum absolute atomic E-state index is 12.9. The molecule has 0 bridgehead atoms. The Bertz CT molecular complexity index is 1010. The number of benzene rings is 1. The number of nitrogens with zero attached hydrogens (tertiary/aromatic N) is 4. The molecule has 1 aromatic carbocycles. The molecule has 1 fully saturated rings. The van der Waals surface area contributed by atoms with Gasteiger partial charge in [0.15, 0.2) is 5.16 Å². The quantitative estimate of drug-likeness (QED) is 0.651. The zero-order valence-corrected chi connectivity index (χ0v) is 14.7. The number of unbranched alkanes of at least 4 members (excludes halogenated alkanes) is 1. The van der Waals surface area contributed by atoms with Gasteiger partial charge in [0.25, 0.3) is 5.56 Å². The summed E-state index contributed by atoms with van der Waals surface area (Å²) in [7, 11) is 0. The molecule has 3 aromatic rings. The van der Waals surface area contributed by atoms with Gasteiger partial charge < -0.3 is 4.74 Å². The van der Waals surface area contributed by atoms with E-state index in [1.54, 1.807) is 4.57 Å². The summed E-state index contributed by atoms with van der Waals surface area (Å²) in [6.45, 7) is 3.12. The molecule has 1 saturated heterocycles. The van der Waals surface area contributed by atoms with Crippen LogP contribution in [0.3, 0.4) is 0 Å². The number of aryl methyl sites for hydroxylation is 1. The van der Waals surface area contributed by atoms with Gasteiger partial charge in [-0.1, -0.05) is 37.2 Å². The molecule has 4 rings (SSSR count). The third-order valence-corrected chi connectivity index (χ3v) is 5.54. The summed E-state index contributed by atoms with van der Waals surface area (Å²) in [5, 5.41) is 9.48. The molecule has 0 radical (unpaired) electrons. The first kappa shape index (κ1) is 16.1. The first-order chi connectivity index (χ1) is 12.2. The number of hydrogen-bond acceptors (Lipinski definition) is 6. The third kappa shape index (κ3) is 2.70. The number of carbonyl (C=O) groups excluding carboxylic acids is 1. The van der Waals surface area contributed by atoms with Crippen LogP contribution >= 0.6 is 11.8 Å². The Morgan fingerprint density at radius 1 is 1.28 bits per heavy atom. The Morgan fingerprint density at radius 2 is 2.12 bits per heavy atom. The predicted molar refractivity (Wildman–Crippen MR) is 94.9 cm³/mol. The monoisotopic (exact) mass is 358 g/mol. The molecule has 130 valence electrons. The first-order valence-electron chi connectivity index (χ1n) is 8.40. The van der Waals surface area contributed by atoms with E-state index in [9.17, 15) is 9.59 Å². The highest BCUT2D eigenvalue weighted by Gasteiger charge is 2.30. The summed E-state index contributed by atoms with van der Waals surface area (Å²) >= 11 is 1.35. The lowest BCUT2D eigenvalue weighted by Crippen LogP contribution is -2.23. The molecule has 0 spiro atoms. The van der Waals surface area contributed by atoms with Gasteiger partial charge >= 0.3 is 5.97 Å². The number of cyclic esters (lactones) is 1. The van der Waals surface area contributed by atoms with Gasteiger partial charge in [-0.05, 0) is 18.6 Å². The second kappa shape index (κ2) is 6.51. The molecule has 3 heterocycles. The molecule has 25 heavy (non-hydrogen) atoms. The van der Waals surface area contributed by atoms with Crippen LogP contribution in [-0.4, -0.2) is 37.0 Å². The highest BCUT2D eigenvalue weighted by Crippen LogP contribution is 2.30. The molecule has 7 nitrogen and oxygen atoms in total. The number of aromatic nitrogens is 4. The minimum atomic E-state index is -0.276. The fourth-order valence-electron chi connectivity index (χ4n) is 3.04. The molecule has 0 aliphatic carbocycles. The molecule has 1 aliphatic rings. The molecule has 0 amide bonds. The molecule has 0 N–H and O–H groups in total. The Morgan fingerprint density at radius 3 is 2.88 bits per heavy atom. The van der Waals surface area contributed by atoms with E-state index in [0.29, 0.717) is 35.9 Å². The fraction of sp³-hybridized carbons (Fsp3) is 0.412. The maximum atomic E-state index is 12.9. The number of rotatable bonds is 5. The lowest BCUT2D eigenvalue weighted by molar-refractivity contribution is -0.137. The summed E-state index contributed by atoms with van der Waals surface area (Å²) in [5.41, 5.74) is 0.704. The van der Waals surface area contributed by atoms with Crippen molar-refractivity contribution in [3.05, 3.63) is 34.6 Å². The zero-order chi connectivity index (χ0) is 17.4. The van der Waals surface area contributed by atoms with Crippen LogP contribution in [0.1, 0.15) is 26.2 Å². The summed E-state index contributed by atoms with van der Waals surface area (Å²) in [5.74, 6) is 0.302. The number of carbonyl (C=O) groups is 1. The van der Waals surface area contributed by atoms with E-state index in [1.807, 2.05) is 28.7 Å². The van der Waals surface area contributed by atoms with E-state index >= 15 is 0 Å². The molecule has 1 atom stereocenters. The van der Waals surface area contributed by atoms with E-state index in [0.717, 1.165) is 18.4 Å². The smallest absolute Gasteiger partial charge is 0.319 e. The van der Waals surface area contributed by atoms with Crippen molar-refractivity contribution in [2.75, 3.05) is 6.61 Å². The van der Waals surface area contributed by atoms with Crippen LogP contribution in [-0.2, 0) is 16.1 Å². The van der Waals surface area contributed by atoms with Crippen LogP contribution in [0.5, 0.6) is 0 Å². The van der Waals surface area contributed by atoms with Crippen LogP contribution in [0, 0.1) is 0 Å². The summed E-state index contributed by atoms with van der Waals surface area (Å²) in [6.07, 6.45) is 2.53. The van der Waals surface area contributed by atoms with Gasteiger partial charge in [-0.25, -0.2) is 0 Å². The third-order valence-electron chi connectivity index (χ3n) is 4.35. The van der Waals surface area contributed by atoms with Gasteiger partial charge in [0, 0.05) is 13.0 Å². The minimum absolute atomic E-state index is 0.0548. The second-order valence-electron chi connectivity index (χ2n) is 6.01. The molecule has 0 saturated carbocycles. The van der Waals surface area contributed by atoms with Crippen molar-refractivity contribution < 1.29 is 9.53 Å². The van der Waals surface area contributed by atoms with Crippen molar-refractivity contribution in [1.29, 1.82) is 0 Å². The first-order valence-corrected chi connectivity index (χ1v) is 9.28. The molecule has 1 aliphatic heterocycles. The van der Waals surface area contributed by atoms with Gasteiger partial charge in [-0.2, -0.15) is 0 Å². The molecule has 2 aromatic heterocycles. The van der Waals surface area contributed by atoms with Gasteiger partial charge in [-0.3, -0.25) is 18.6 Å². The van der Waals surface area contributed by atoms with Crippen LogP contribution in [0.15, 0.2) is 34.2 Å². The van der Waals surface area contributed by atoms with E-state index in [1.165, 1.54) is 11.8 Å². The molecule has 8 heteroatoms. The van der Waals surface area contributed by atoms with Crippen molar-refractivity contribution in [3.63, 3.8) is 0 Å². The highest BCUT2D eigenvalue weighted by atomic mass is 32.2. The lowest BCUT2D eigenvalue weighted by atomic mass is 10.2. The van der Waals surface area contributed by atoms with E-state index in [4.69, 9.17) is 4.74 Å². The average Bonchev–Trinajstić information content (AvgIpc) is 3.22. The predicted octanol–water partition coefficient (Wildman–Crippen LogP) is 2.25. The van der Waals surface area contributed by atoms with E-state index in [-0.39, 0.29) is 16.8 Å². The Balaban J connectivity index is 1.92. The largest absolute Gasteiger partial charge is 0.465 e. The summed E-state index contributed by atoms with van der Waals surface area (Å²) < 4.78 is 8.59. The van der Waals surface area contributed by atoms with Crippen LogP contribution in [0.2, 0.25) is 0 Å². The molecular formula is C17H18N4O3S. The Kier molecular flexibility index (Phi) is 4.20. The topological polar surface area (TPSA) is 78.5 Å². The average molecular weight is 358 g/mol. The normalized spacial score (nSPS) is 17.5. The molecular weight excluding hydrogens is 340 g/mol. The van der Waals surface area contributed by atoms with Crippen molar-refractivity contribution in [1.82, 2.24) is 19.2 Å². The SMILES string of the molecule is CCCCn1c(=O)c2ccccc2n2c(SC3CCOC3=O)nnc12. The number of esters is 1. The van der Waals surface area contributed by atoms with Crippen molar-refractivity contribution in [2.45, 2.75) is 43.1 Å². The Labute approximate surface area is 148 Å². The number of thioether (sulfide) groups is 1. The number of para-hydroxylation sites is 1. The van der Waals surface area contributed by atoms with E-state index < -0.39 is 0 Å². The number of fused-ring (bicyclic) bond motifs is 3. The number of ether oxygens (including phenoxy) is 1. The minimum Gasteiger partial charge on any atom is -0.465 e. The van der Waals surface area contributed by atoms with Gasteiger partial charge in [0.1, 0.15) is 5.25 Å². The summed E-state index contributed by atoms with van der Waals surface area (Å²) in [4.78, 5) is 24.7. The van der Waals surface area contributed by atoms with E-state index in [2.05, 4.69) is 17.1 Å². The Hall–Kier alpha value is -2.35. The van der Waals surface area contributed by atoms with Crippen molar-refractivity contribution >= 4 is 34.4 Å². The zero-order valence-electron chi connectivity index (χ0n) is 13.8. The highest BCUT2D eigenvalue weighted by molar-refractivity contribution is 8.00. The number of hydrogen-bond donors (Lipinski definition) is 0. The van der Waals surface area contributed by atoms with Gasteiger partial charge in [-0.15, -0.1) is 10.2 Å². The summed E-state index contributed by atoms with van der Waals surface area (Å²) in [6, 6.07) is 7.44.